The molecule has 0 unspecified atom stereocenters. The highest BCUT2D eigenvalue weighted by Gasteiger charge is 2.13. The minimum atomic E-state index is -1.25. The zero-order valence-corrected chi connectivity index (χ0v) is 10.3. The van der Waals surface area contributed by atoms with Gasteiger partial charge in [0.25, 0.3) is 5.56 Å². The SMILES string of the molecule is CCn1c(-c2ccc(F)cc2)ccc(C(=O)O)c1=O. The number of aromatic nitrogens is 1. The second-order valence-electron chi connectivity index (χ2n) is 3.99. The first-order chi connectivity index (χ1) is 9.04. The fourth-order valence-corrected chi connectivity index (χ4v) is 1.93. The summed E-state index contributed by atoms with van der Waals surface area (Å²) in [7, 11) is 0. The van der Waals surface area contributed by atoms with Crippen molar-refractivity contribution in [3.8, 4) is 11.3 Å². The summed E-state index contributed by atoms with van der Waals surface area (Å²) in [5.41, 5.74) is 0.402. The van der Waals surface area contributed by atoms with Crippen LogP contribution in [-0.4, -0.2) is 15.6 Å². The van der Waals surface area contributed by atoms with Crippen LogP contribution in [-0.2, 0) is 6.54 Å². The Balaban J connectivity index is 2.65. The molecule has 0 saturated heterocycles. The van der Waals surface area contributed by atoms with Crippen LogP contribution < -0.4 is 5.56 Å². The van der Waals surface area contributed by atoms with E-state index in [0.29, 0.717) is 17.8 Å². The maximum absolute atomic E-state index is 12.9. The Morgan fingerprint density at radius 3 is 2.37 bits per heavy atom. The number of carbonyl (C=O) groups is 1. The molecule has 98 valence electrons. The summed E-state index contributed by atoms with van der Waals surface area (Å²) in [5, 5.41) is 8.92. The molecule has 5 heteroatoms. The average molecular weight is 261 g/mol. The number of hydrogen-bond acceptors (Lipinski definition) is 2. The first kappa shape index (κ1) is 13.0. The summed E-state index contributed by atoms with van der Waals surface area (Å²) in [6.45, 7) is 2.09. The zero-order chi connectivity index (χ0) is 14.0. The maximum atomic E-state index is 12.9. The quantitative estimate of drug-likeness (QED) is 0.922. The molecule has 1 aromatic heterocycles. The first-order valence-corrected chi connectivity index (χ1v) is 5.77. The third kappa shape index (κ3) is 2.40. The third-order valence-corrected chi connectivity index (χ3v) is 2.86. The summed E-state index contributed by atoms with van der Waals surface area (Å²) in [4.78, 5) is 22.9. The van der Waals surface area contributed by atoms with Crippen molar-refractivity contribution in [1.29, 1.82) is 0 Å². The van der Waals surface area contributed by atoms with E-state index in [1.165, 1.54) is 22.8 Å². The maximum Gasteiger partial charge on any atom is 0.341 e. The van der Waals surface area contributed by atoms with Crippen molar-refractivity contribution in [2.45, 2.75) is 13.5 Å². The van der Waals surface area contributed by atoms with Crippen molar-refractivity contribution >= 4 is 5.97 Å². The molecule has 2 rings (SSSR count). The highest BCUT2D eigenvalue weighted by atomic mass is 19.1. The van der Waals surface area contributed by atoms with E-state index < -0.39 is 11.5 Å². The van der Waals surface area contributed by atoms with E-state index in [0.717, 1.165) is 0 Å². The van der Waals surface area contributed by atoms with E-state index in [9.17, 15) is 14.0 Å². The summed E-state index contributed by atoms with van der Waals surface area (Å²) in [6, 6.07) is 8.53. The molecule has 0 radical (unpaired) electrons. The van der Waals surface area contributed by atoms with Gasteiger partial charge in [-0.15, -0.1) is 0 Å². The van der Waals surface area contributed by atoms with Crippen LogP contribution >= 0.6 is 0 Å². The van der Waals surface area contributed by atoms with Crippen molar-refractivity contribution in [2.24, 2.45) is 0 Å². The number of benzene rings is 1. The number of carboxylic acids is 1. The molecule has 0 amide bonds. The fourth-order valence-electron chi connectivity index (χ4n) is 1.93. The Hall–Kier alpha value is -2.43. The number of rotatable bonds is 3. The van der Waals surface area contributed by atoms with Crippen molar-refractivity contribution in [3.63, 3.8) is 0 Å². The highest BCUT2D eigenvalue weighted by Crippen LogP contribution is 2.18. The van der Waals surface area contributed by atoms with Crippen LogP contribution in [0.5, 0.6) is 0 Å². The van der Waals surface area contributed by atoms with Gasteiger partial charge in [-0.3, -0.25) is 4.79 Å². The smallest absolute Gasteiger partial charge is 0.341 e. The molecule has 0 fully saturated rings. The molecule has 2 aromatic rings. The molecule has 0 atom stereocenters. The predicted molar refractivity (Wildman–Crippen MR) is 68.7 cm³/mol. The standard InChI is InChI=1S/C14H12FNO3/c1-2-16-12(9-3-5-10(15)6-4-9)8-7-11(13(16)17)14(18)19/h3-8H,2H2,1H3,(H,18,19). The third-order valence-electron chi connectivity index (χ3n) is 2.86. The summed E-state index contributed by atoms with van der Waals surface area (Å²) in [5.74, 6) is -1.62. The highest BCUT2D eigenvalue weighted by molar-refractivity contribution is 5.87. The number of halogens is 1. The van der Waals surface area contributed by atoms with Gasteiger partial charge >= 0.3 is 5.97 Å². The molecule has 1 N–H and O–H groups in total. The second-order valence-corrected chi connectivity index (χ2v) is 3.99. The number of aromatic carboxylic acids is 1. The molecular weight excluding hydrogens is 249 g/mol. The van der Waals surface area contributed by atoms with E-state index >= 15 is 0 Å². The van der Waals surface area contributed by atoms with Crippen LogP contribution in [0, 0.1) is 5.82 Å². The van der Waals surface area contributed by atoms with Crippen molar-refractivity contribution in [3.05, 3.63) is 58.1 Å². The van der Waals surface area contributed by atoms with Crippen LogP contribution in [0.15, 0.2) is 41.2 Å². The van der Waals surface area contributed by atoms with Gasteiger partial charge in [0.15, 0.2) is 0 Å². The lowest BCUT2D eigenvalue weighted by atomic mass is 10.1. The van der Waals surface area contributed by atoms with Gasteiger partial charge in [-0.1, -0.05) is 0 Å². The Kier molecular flexibility index (Phi) is 3.46. The van der Waals surface area contributed by atoms with E-state index in [1.54, 1.807) is 25.1 Å². The lowest BCUT2D eigenvalue weighted by Gasteiger charge is -2.11. The number of pyridine rings is 1. The molecule has 1 aromatic carbocycles. The van der Waals surface area contributed by atoms with Gasteiger partial charge in [0.2, 0.25) is 0 Å². The summed E-state index contributed by atoms with van der Waals surface area (Å²) < 4.78 is 14.2. The summed E-state index contributed by atoms with van der Waals surface area (Å²) in [6.07, 6.45) is 0. The normalized spacial score (nSPS) is 10.4. The average Bonchev–Trinajstić information content (AvgIpc) is 2.38. The van der Waals surface area contributed by atoms with E-state index in [1.807, 2.05) is 0 Å². The first-order valence-electron chi connectivity index (χ1n) is 5.77. The van der Waals surface area contributed by atoms with Gasteiger partial charge in [-0.2, -0.15) is 0 Å². The number of carboxylic acid groups (broad SMARTS) is 1. The predicted octanol–water partition coefficient (Wildman–Crippen LogP) is 2.37. The molecule has 0 bridgehead atoms. The molecule has 0 spiro atoms. The Labute approximate surface area is 108 Å². The van der Waals surface area contributed by atoms with Crippen molar-refractivity contribution < 1.29 is 14.3 Å². The zero-order valence-electron chi connectivity index (χ0n) is 10.3. The minimum Gasteiger partial charge on any atom is -0.477 e. The lowest BCUT2D eigenvalue weighted by Crippen LogP contribution is -2.26. The van der Waals surface area contributed by atoms with Gasteiger partial charge in [-0.25, -0.2) is 9.18 Å². The Morgan fingerprint density at radius 2 is 1.84 bits per heavy atom. The minimum absolute atomic E-state index is 0.271. The topological polar surface area (TPSA) is 59.3 Å². The largest absolute Gasteiger partial charge is 0.477 e. The van der Waals surface area contributed by atoms with E-state index in [4.69, 9.17) is 5.11 Å². The Bertz CT molecular complexity index is 674. The Morgan fingerprint density at radius 1 is 1.21 bits per heavy atom. The van der Waals surface area contributed by atoms with Crippen molar-refractivity contribution in [1.82, 2.24) is 4.57 Å². The molecule has 0 aliphatic heterocycles. The van der Waals surface area contributed by atoms with Gasteiger partial charge in [-0.05, 0) is 48.9 Å². The fraction of sp³-hybridized carbons (Fsp3) is 0.143. The summed E-state index contributed by atoms with van der Waals surface area (Å²) >= 11 is 0. The molecule has 0 saturated carbocycles. The van der Waals surface area contributed by atoms with Gasteiger partial charge in [0.05, 0.1) is 5.69 Å². The second kappa shape index (κ2) is 5.06. The number of hydrogen-bond donors (Lipinski definition) is 1. The van der Waals surface area contributed by atoms with E-state index in [-0.39, 0.29) is 11.4 Å². The molecule has 4 nitrogen and oxygen atoms in total. The molecular formula is C14H12FNO3. The van der Waals surface area contributed by atoms with Crippen molar-refractivity contribution in [2.75, 3.05) is 0 Å². The molecule has 19 heavy (non-hydrogen) atoms. The van der Waals surface area contributed by atoms with Gasteiger partial charge in [0, 0.05) is 6.54 Å². The monoisotopic (exact) mass is 261 g/mol. The van der Waals surface area contributed by atoms with Gasteiger partial charge < -0.3 is 9.67 Å². The van der Waals surface area contributed by atoms with Crippen LogP contribution in [0.1, 0.15) is 17.3 Å². The molecule has 0 aliphatic carbocycles. The van der Waals surface area contributed by atoms with Crippen LogP contribution in [0.4, 0.5) is 4.39 Å². The van der Waals surface area contributed by atoms with E-state index in [2.05, 4.69) is 0 Å². The van der Waals surface area contributed by atoms with Crippen LogP contribution in [0.25, 0.3) is 11.3 Å². The molecule has 0 aliphatic rings. The number of nitrogens with zero attached hydrogens (tertiary/aromatic N) is 1. The van der Waals surface area contributed by atoms with Crippen LogP contribution in [0.2, 0.25) is 0 Å². The van der Waals surface area contributed by atoms with Crippen LogP contribution in [0.3, 0.4) is 0 Å². The molecule has 1 heterocycles. The lowest BCUT2D eigenvalue weighted by molar-refractivity contribution is 0.0694. The van der Waals surface area contributed by atoms with Gasteiger partial charge in [0.1, 0.15) is 11.4 Å².